The van der Waals surface area contributed by atoms with E-state index in [1.54, 1.807) is 6.07 Å². The van der Waals surface area contributed by atoms with E-state index in [2.05, 4.69) is 23.0 Å². The van der Waals surface area contributed by atoms with Crippen LogP contribution < -0.4 is 10.9 Å². The Bertz CT molecular complexity index is 847. The number of anilines is 1. The van der Waals surface area contributed by atoms with Gasteiger partial charge in [0.1, 0.15) is 0 Å². The number of rotatable bonds is 6. The fraction of sp³-hybridized carbons (Fsp3) is 0.0952. The topological polar surface area (TPSA) is 50.4 Å². The summed E-state index contributed by atoms with van der Waals surface area (Å²) in [5, 5.41) is 0. The summed E-state index contributed by atoms with van der Waals surface area (Å²) in [6, 6.07) is 25.5. The van der Waals surface area contributed by atoms with Crippen molar-refractivity contribution in [2.75, 3.05) is 12.5 Å². The molecule has 0 atom stereocenters. The monoisotopic (exact) mass is 332 g/mol. The summed E-state index contributed by atoms with van der Waals surface area (Å²) in [4.78, 5) is 11.8. The molecule has 4 nitrogen and oxygen atoms in total. The van der Waals surface area contributed by atoms with Crippen molar-refractivity contribution in [1.29, 1.82) is 0 Å². The molecule has 0 spiro atoms. The third-order valence-electron chi connectivity index (χ3n) is 3.90. The summed E-state index contributed by atoms with van der Waals surface area (Å²) in [6.07, 6.45) is 0. The molecule has 3 aromatic rings. The van der Waals surface area contributed by atoms with E-state index in [-0.39, 0.29) is 5.97 Å². The number of hydrazine groups is 1. The van der Waals surface area contributed by atoms with Crippen LogP contribution in [0, 0.1) is 0 Å². The predicted molar refractivity (Wildman–Crippen MR) is 100 cm³/mol. The maximum Gasteiger partial charge on any atom is 0.337 e. The Balaban J connectivity index is 1.78. The van der Waals surface area contributed by atoms with Gasteiger partial charge in [-0.1, -0.05) is 54.6 Å². The molecule has 0 aliphatic rings. The molecule has 0 saturated carbocycles. The molecule has 4 heteroatoms. The fourth-order valence-corrected chi connectivity index (χ4v) is 2.65. The summed E-state index contributed by atoms with van der Waals surface area (Å²) in [6.45, 7) is 0.646. The molecule has 126 valence electrons. The van der Waals surface area contributed by atoms with Gasteiger partial charge in [0.25, 0.3) is 0 Å². The van der Waals surface area contributed by atoms with Crippen LogP contribution in [-0.4, -0.2) is 13.1 Å². The maximum atomic E-state index is 11.8. The first-order valence-electron chi connectivity index (χ1n) is 8.08. The van der Waals surface area contributed by atoms with Gasteiger partial charge < -0.3 is 10.2 Å². The molecule has 0 bridgehead atoms. The zero-order chi connectivity index (χ0) is 17.5. The van der Waals surface area contributed by atoms with Crippen molar-refractivity contribution in [2.24, 2.45) is 0 Å². The standard InChI is InChI=1S/C21H20N2O2/c1-25-21(24)17-10-7-9-16(14-17)20-13-6-5-8-18(20)15-22-23-19-11-3-2-4-12-19/h2-14,22-23H,15H2,1H3. The van der Waals surface area contributed by atoms with Crippen LogP contribution in [0.25, 0.3) is 11.1 Å². The summed E-state index contributed by atoms with van der Waals surface area (Å²) in [5.41, 5.74) is 11.2. The quantitative estimate of drug-likeness (QED) is 0.523. The first-order valence-corrected chi connectivity index (χ1v) is 8.08. The van der Waals surface area contributed by atoms with Gasteiger partial charge in [0, 0.05) is 12.2 Å². The lowest BCUT2D eigenvalue weighted by molar-refractivity contribution is 0.0601. The zero-order valence-corrected chi connectivity index (χ0v) is 14.0. The highest BCUT2D eigenvalue weighted by Crippen LogP contribution is 2.25. The molecular weight excluding hydrogens is 312 g/mol. The third-order valence-corrected chi connectivity index (χ3v) is 3.90. The summed E-state index contributed by atoms with van der Waals surface area (Å²) < 4.78 is 4.81. The van der Waals surface area contributed by atoms with E-state index in [0.717, 1.165) is 22.4 Å². The molecule has 3 aromatic carbocycles. The number of para-hydroxylation sites is 1. The number of esters is 1. The van der Waals surface area contributed by atoms with Crippen molar-refractivity contribution in [3.63, 3.8) is 0 Å². The Morgan fingerprint density at radius 3 is 2.48 bits per heavy atom. The highest BCUT2D eigenvalue weighted by atomic mass is 16.5. The van der Waals surface area contributed by atoms with E-state index in [9.17, 15) is 4.79 Å². The Hall–Kier alpha value is -3.11. The van der Waals surface area contributed by atoms with E-state index in [1.807, 2.05) is 60.7 Å². The first-order chi connectivity index (χ1) is 12.3. The fourth-order valence-electron chi connectivity index (χ4n) is 2.65. The number of hydrogen-bond donors (Lipinski definition) is 2. The Morgan fingerprint density at radius 1 is 0.920 bits per heavy atom. The summed E-state index contributed by atoms with van der Waals surface area (Å²) in [7, 11) is 1.39. The van der Waals surface area contributed by atoms with Gasteiger partial charge in [-0.2, -0.15) is 0 Å². The van der Waals surface area contributed by atoms with Crippen molar-refractivity contribution in [3.05, 3.63) is 90.0 Å². The molecule has 0 aliphatic carbocycles. The minimum atomic E-state index is -0.330. The number of methoxy groups -OCH3 is 1. The van der Waals surface area contributed by atoms with Crippen LogP contribution in [0.2, 0.25) is 0 Å². The van der Waals surface area contributed by atoms with Crippen molar-refractivity contribution in [2.45, 2.75) is 6.54 Å². The molecule has 3 rings (SSSR count). The van der Waals surface area contributed by atoms with Crippen molar-refractivity contribution < 1.29 is 9.53 Å². The molecule has 2 N–H and O–H groups in total. The van der Waals surface area contributed by atoms with Crippen LogP contribution in [0.1, 0.15) is 15.9 Å². The van der Waals surface area contributed by atoms with E-state index in [4.69, 9.17) is 4.74 Å². The maximum absolute atomic E-state index is 11.8. The molecule has 0 saturated heterocycles. The summed E-state index contributed by atoms with van der Waals surface area (Å²) in [5.74, 6) is -0.330. The summed E-state index contributed by atoms with van der Waals surface area (Å²) >= 11 is 0. The van der Waals surface area contributed by atoms with Crippen molar-refractivity contribution >= 4 is 11.7 Å². The largest absolute Gasteiger partial charge is 0.465 e. The van der Waals surface area contributed by atoms with Gasteiger partial charge >= 0.3 is 5.97 Å². The molecule has 0 aromatic heterocycles. The normalized spacial score (nSPS) is 10.3. The second-order valence-electron chi connectivity index (χ2n) is 5.57. The van der Waals surface area contributed by atoms with E-state index in [1.165, 1.54) is 7.11 Å². The van der Waals surface area contributed by atoms with Crippen LogP contribution in [0.4, 0.5) is 5.69 Å². The van der Waals surface area contributed by atoms with Gasteiger partial charge in [0.15, 0.2) is 0 Å². The molecule has 0 amide bonds. The van der Waals surface area contributed by atoms with Gasteiger partial charge in [-0.15, -0.1) is 0 Å². The SMILES string of the molecule is COC(=O)c1cccc(-c2ccccc2CNNc2ccccc2)c1. The minimum absolute atomic E-state index is 0.330. The highest BCUT2D eigenvalue weighted by molar-refractivity contribution is 5.91. The Labute approximate surface area is 147 Å². The Morgan fingerprint density at radius 2 is 1.68 bits per heavy atom. The first kappa shape index (κ1) is 16.7. The zero-order valence-electron chi connectivity index (χ0n) is 14.0. The minimum Gasteiger partial charge on any atom is -0.465 e. The lowest BCUT2D eigenvalue weighted by atomic mass is 9.98. The van der Waals surface area contributed by atoms with Gasteiger partial charge in [0.05, 0.1) is 12.7 Å². The van der Waals surface area contributed by atoms with Gasteiger partial charge in [-0.3, -0.25) is 0 Å². The number of nitrogens with one attached hydrogen (secondary N) is 2. The van der Waals surface area contributed by atoms with Crippen LogP contribution in [0.5, 0.6) is 0 Å². The predicted octanol–water partition coefficient (Wildman–Crippen LogP) is 4.26. The average Bonchev–Trinajstić information content (AvgIpc) is 2.68. The smallest absolute Gasteiger partial charge is 0.337 e. The van der Waals surface area contributed by atoms with Crippen LogP contribution in [0.15, 0.2) is 78.9 Å². The second kappa shape index (κ2) is 8.13. The lowest BCUT2D eigenvalue weighted by Crippen LogP contribution is -2.21. The van der Waals surface area contributed by atoms with Crippen molar-refractivity contribution in [3.8, 4) is 11.1 Å². The van der Waals surface area contributed by atoms with Gasteiger partial charge in [-0.05, 0) is 41.0 Å². The van der Waals surface area contributed by atoms with E-state index >= 15 is 0 Å². The Kier molecular flexibility index (Phi) is 5.44. The van der Waals surface area contributed by atoms with Gasteiger partial charge in [0.2, 0.25) is 0 Å². The van der Waals surface area contributed by atoms with E-state index in [0.29, 0.717) is 12.1 Å². The molecule has 0 unspecified atom stereocenters. The molecule has 25 heavy (non-hydrogen) atoms. The number of carbonyl (C=O) groups excluding carboxylic acids is 1. The number of ether oxygens (including phenoxy) is 1. The van der Waals surface area contributed by atoms with Gasteiger partial charge in [-0.25, -0.2) is 10.2 Å². The molecule has 0 fully saturated rings. The third kappa shape index (κ3) is 4.25. The van der Waals surface area contributed by atoms with Crippen LogP contribution >= 0.6 is 0 Å². The van der Waals surface area contributed by atoms with Crippen LogP contribution in [0.3, 0.4) is 0 Å². The molecular formula is C21H20N2O2. The van der Waals surface area contributed by atoms with E-state index < -0.39 is 0 Å². The molecule has 0 aliphatic heterocycles. The lowest BCUT2D eigenvalue weighted by Gasteiger charge is -2.13. The second-order valence-corrected chi connectivity index (χ2v) is 5.57. The van der Waals surface area contributed by atoms with Crippen molar-refractivity contribution in [1.82, 2.24) is 5.43 Å². The molecule has 0 heterocycles. The van der Waals surface area contributed by atoms with Crippen LogP contribution in [-0.2, 0) is 11.3 Å². The number of hydrogen-bond acceptors (Lipinski definition) is 4. The number of carbonyl (C=O) groups is 1. The molecule has 0 radical (unpaired) electrons. The average molecular weight is 332 g/mol. The highest BCUT2D eigenvalue weighted by Gasteiger charge is 2.09. The number of benzene rings is 3.